The van der Waals surface area contributed by atoms with Gasteiger partial charge in [-0.1, -0.05) is 53.7 Å². The van der Waals surface area contributed by atoms with Crippen LogP contribution in [-0.4, -0.2) is 44.6 Å². The average molecular weight is 479 g/mol. The summed E-state index contributed by atoms with van der Waals surface area (Å²) >= 11 is 7.66. The van der Waals surface area contributed by atoms with E-state index in [0.717, 1.165) is 30.4 Å². The van der Waals surface area contributed by atoms with Crippen LogP contribution >= 0.6 is 23.4 Å². The van der Waals surface area contributed by atoms with E-state index >= 15 is 0 Å². The number of piperidine rings is 1. The topological polar surface area (TPSA) is 123 Å². The lowest BCUT2D eigenvalue weighted by atomic mass is 9.91. The summed E-state index contributed by atoms with van der Waals surface area (Å²) in [4.78, 5) is 24.4. The molecule has 6 rings (SSSR count). The van der Waals surface area contributed by atoms with Gasteiger partial charge in [0.05, 0.1) is 11.2 Å². The Morgan fingerprint density at radius 2 is 2.00 bits per heavy atom. The molecule has 1 aromatic carbocycles. The Kier molecular flexibility index (Phi) is 4.93. The number of benzene rings is 1. The second kappa shape index (κ2) is 7.86. The fraction of sp³-hybridized carbons (Fsp3) is 0.304. The molecule has 2 fully saturated rings. The Bertz CT molecular complexity index is 1330. The zero-order chi connectivity index (χ0) is 22.6. The van der Waals surface area contributed by atoms with Gasteiger partial charge in [0.25, 0.3) is 0 Å². The van der Waals surface area contributed by atoms with Gasteiger partial charge in [-0.2, -0.15) is 4.98 Å². The molecule has 0 spiro atoms. The third-order valence-corrected chi connectivity index (χ3v) is 8.52. The van der Waals surface area contributed by atoms with Crippen molar-refractivity contribution in [2.75, 3.05) is 30.3 Å². The highest BCUT2D eigenvalue weighted by Gasteiger charge is 2.65. The largest absolute Gasteiger partial charge is 0.382 e. The number of nitrogens with two attached hydrogens (primary N) is 2. The van der Waals surface area contributed by atoms with Gasteiger partial charge in [0.1, 0.15) is 10.8 Å². The zero-order valence-electron chi connectivity index (χ0n) is 17.8. The van der Waals surface area contributed by atoms with E-state index in [9.17, 15) is 0 Å². The van der Waals surface area contributed by atoms with Crippen LogP contribution < -0.4 is 16.4 Å². The number of pyridine rings is 1. The summed E-state index contributed by atoms with van der Waals surface area (Å²) in [6.07, 6.45) is 4.43. The molecule has 1 aliphatic carbocycles. The SMILES string of the molecule is NCC1(c2ccccc2)C2CCN(c3nc4nc(Sc5ccnc(N)c5Cl)cnc4[nH]3)CC21. The quantitative estimate of drug-likeness (QED) is 0.398. The minimum Gasteiger partial charge on any atom is -0.382 e. The van der Waals surface area contributed by atoms with Gasteiger partial charge in [0.15, 0.2) is 11.3 Å². The van der Waals surface area contributed by atoms with Crippen LogP contribution in [0.15, 0.2) is 58.7 Å². The van der Waals surface area contributed by atoms with Crippen molar-refractivity contribution in [2.24, 2.45) is 17.6 Å². The predicted molar refractivity (Wildman–Crippen MR) is 130 cm³/mol. The lowest BCUT2D eigenvalue weighted by Crippen LogP contribution is -2.32. The molecule has 4 heterocycles. The highest BCUT2D eigenvalue weighted by molar-refractivity contribution is 7.99. The summed E-state index contributed by atoms with van der Waals surface area (Å²) in [5.41, 5.74) is 14.8. The van der Waals surface area contributed by atoms with Crippen LogP contribution in [0, 0.1) is 11.8 Å². The van der Waals surface area contributed by atoms with Crippen molar-refractivity contribution in [1.29, 1.82) is 0 Å². The second-order valence-electron chi connectivity index (χ2n) is 8.61. The minimum absolute atomic E-state index is 0.0774. The van der Waals surface area contributed by atoms with E-state index in [4.69, 9.17) is 28.1 Å². The monoisotopic (exact) mass is 478 g/mol. The number of hydrogen-bond acceptors (Lipinski definition) is 8. The molecule has 0 amide bonds. The summed E-state index contributed by atoms with van der Waals surface area (Å²) in [7, 11) is 0. The van der Waals surface area contributed by atoms with Crippen molar-refractivity contribution < 1.29 is 0 Å². The van der Waals surface area contributed by atoms with E-state index in [1.54, 1.807) is 18.5 Å². The molecular formula is C23H23ClN8S. The maximum atomic E-state index is 6.32. The number of H-pyrrole nitrogens is 1. The average Bonchev–Trinajstić information content (AvgIpc) is 3.31. The number of nitrogen functional groups attached to an aromatic ring is 1. The third kappa shape index (κ3) is 3.34. The van der Waals surface area contributed by atoms with E-state index in [-0.39, 0.29) is 5.41 Å². The Morgan fingerprint density at radius 3 is 2.82 bits per heavy atom. The molecule has 8 nitrogen and oxygen atoms in total. The minimum atomic E-state index is 0.0774. The van der Waals surface area contributed by atoms with E-state index in [2.05, 4.69) is 55.2 Å². The van der Waals surface area contributed by atoms with Gasteiger partial charge in [0.2, 0.25) is 5.95 Å². The number of nitrogens with one attached hydrogen (secondary N) is 1. The Morgan fingerprint density at radius 1 is 1.15 bits per heavy atom. The molecule has 4 aromatic rings. The van der Waals surface area contributed by atoms with Gasteiger partial charge in [-0.05, 0) is 29.9 Å². The van der Waals surface area contributed by atoms with E-state index in [1.165, 1.54) is 17.3 Å². The first kappa shape index (κ1) is 20.7. The summed E-state index contributed by atoms with van der Waals surface area (Å²) in [6, 6.07) is 12.5. The van der Waals surface area contributed by atoms with Crippen molar-refractivity contribution in [3.05, 3.63) is 59.4 Å². The van der Waals surface area contributed by atoms with Crippen LogP contribution in [0.2, 0.25) is 5.02 Å². The standard InChI is InChI=1S/C23H23ClN8S/c24-18-16(6-8-27-19(18)26)33-17-10-28-20-21(29-17)31-22(30-20)32-9-7-14-15(11-32)23(14,12-25)13-4-2-1-3-5-13/h1-6,8,10,14-15H,7,9,11-12,25H2,(H2,26,27)(H,28,29,30,31). The highest BCUT2D eigenvalue weighted by Crippen LogP contribution is 2.63. The molecular weight excluding hydrogens is 456 g/mol. The molecule has 3 atom stereocenters. The summed E-state index contributed by atoms with van der Waals surface area (Å²) in [5, 5.41) is 1.11. The molecule has 1 saturated heterocycles. The van der Waals surface area contributed by atoms with E-state index in [1.807, 2.05) is 0 Å². The number of fused-ring (bicyclic) bond motifs is 2. The number of rotatable bonds is 5. The second-order valence-corrected chi connectivity index (χ2v) is 10.0. The molecule has 0 bridgehead atoms. The summed E-state index contributed by atoms with van der Waals surface area (Å²) in [5.74, 6) is 2.26. The van der Waals surface area contributed by atoms with Crippen molar-refractivity contribution in [3.8, 4) is 0 Å². The van der Waals surface area contributed by atoms with Crippen molar-refractivity contribution in [2.45, 2.75) is 21.8 Å². The first-order valence-electron chi connectivity index (χ1n) is 10.9. The van der Waals surface area contributed by atoms with Crippen molar-refractivity contribution in [1.82, 2.24) is 24.9 Å². The Labute approximate surface area is 200 Å². The summed E-state index contributed by atoms with van der Waals surface area (Å²) < 4.78 is 0. The fourth-order valence-electron chi connectivity index (χ4n) is 5.36. The van der Waals surface area contributed by atoms with Gasteiger partial charge < -0.3 is 21.4 Å². The lowest BCUT2D eigenvalue weighted by molar-refractivity contribution is 0.543. The third-order valence-electron chi connectivity index (χ3n) is 7.04. The normalized spacial score (nSPS) is 24.1. The van der Waals surface area contributed by atoms with Gasteiger partial charge in [0, 0.05) is 36.1 Å². The van der Waals surface area contributed by atoms with Gasteiger partial charge >= 0.3 is 0 Å². The van der Waals surface area contributed by atoms with Crippen LogP contribution in [-0.2, 0) is 5.41 Å². The Hall–Kier alpha value is -2.88. The van der Waals surface area contributed by atoms with Crippen LogP contribution in [0.4, 0.5) is 11.8 Å². The van der Waals surface area contributed by atoms with E-state index < -0.39 is 0 Å². The summed E-state index contributed by atoms with van der Waals surface area (Å²) in [6.45, 7) is 2.53. The van der Waals surface area contributed by atoms with Crippen LogP contribution in [0.3, 0.4) is 0 Å². The van der Waals surface area contributed by atoms with Crippen LogP contribution in [0.5, 0.6) is 0 Å². The molecule has 3 aromatic heterocycles. The molecule has 1 aliphatic heterocycles. The lowest BCUT2D eigenvalue weighted by Gasteiger charge is -2.25. The highest BCUT2D eigenvalue weighted by atomic mass is 35.5. The number of aromatic nitrogens is 5. The molecule has 10 heteroatoms. The predicted octanol–water partition coefficient (Wildman–Crippen LogP) is 3.49. The number of halogens is 1. The maximum absolute atomic E-state index is 6.32. The first-order chi connectivity index (χ1) is 16.1. The Balaban J connectivity index is 1.23. The molecule has 3 unspecified atom stereocenters. The van der Waals surface area contributed by atoms with Gasteiger partial charge in [-0.15, -0.1) is 0 Å². The zero-order valence-corrected chi connectivity index (χ0v) is 19.4. The first-order valence-corrected chi connectivity index (χ1v) is 12.1. The number of anilines is 2. The van der Waals surface area contributed by atoms with Crippen molar-refractivity contribution >= 4 is 46.4 Å². The molecule has 5 N–H and O–H groups in total. The molecule has 168 valence electrons. The molecule has 0 radical (unpaired) electrons. The fourth-order valence-corrected chi connectivity index (χ4v) is 6.38. The molecule has 2 aliphatic rings. The van der Waals surface area contributed by atoms with Crippen LogP contribution in [0.1, 0.15) is 12.0 Å². The number of imidazole rings is 1. The molecule has 33 heavy (non-hydrogen) atoms. The maximum Gasteiger partial charge on any atom is 0.206 e. The van der Waals surface area contributed by atoms with E-state index in [0.29, 0.717) is 45.5 Å². The number of nitrogens with zero attached hydrogens (tertiary/aromatic N) is 5. The van der Waals surface area contributed by atoms with Crippen LogP contribution in [0.25, 0.3) is 11.3 Å². The van der Waals surface area contributed by atoms with Crippen molar-refractivity contribution in [3.63, 3.8) is 0 Å². The number of hydrogen-bond donors (Lipinski definition) is 3. The number of aromatic amines is 1. The van der Waals surface area contributed by atoms with Gasteiger partial charge in [-0.25, -0.2) is 15.0 Å². The molecule has 1 saturated carbocycles. The smallest absolute Gasteiger partial charge is 0.206 e. The van der Waals surface area contributed by atoms with Gasteiger partial charge in [-0.3, -0.25) is 0 Å².